The van der Waals surface area contributed by atoms with Crippen LogP contribution in [0.15, 0.2) is 36.7 Å². The first-order valence-electron chi connectivity index (χ1n) is 8.05. The summed E-state index contributed by atoms with van der Waals surface area (Å²) >= 11 is 0. The number of benzene rings is 1. The Morgan fingerprint density at radius 1 is 1.31 bits per heavy atom. The van der Waals surface area contributed by atoms with Gasteiger partial charge in [-0.2, -0.15) is 5.10 Å². The zero-order valence-electron chi connectivity index (χ0n) is 14.1. The Labute approximate surface area is 148 Å². The molecule has 4 N–H and O–H groups in total. The van der Waals surface area contributed by atoms with Crippen molar-refractivity contribution in [1.82, 2.24) is 19.7 Å². The van der Waals surface area contributed by atoms with Crippen LogP contribution in [-0.2, 0) is 7.05 Å². The van der Waals surface area contributed by atoms with Crippen LogP contribution in [0.4, 0.5) is 0 Å². The number of hydrogen-bond donors (Lipinski definition) is 3. The van der Waals surface area contributed by atoms with Crippen LogP contribution >= 0.6 is 0 Å². The Bertz CT molecular complexity index is 1130. The van der Waals surface area contributed by atoms with Gasteiger partial charge in [-0.05, 0) is 29.8 Å². The minimum Gasteiger partial charge on any atom is -0.491 e. The molecule has 26 heavy (non-hydrogen) atoms. The van der Waals surface area contributed by atoms with Crippen LogP contribution in [0.1, 0.15) is 10.5 Å². The number of nitrogens with one attached hydrogen (secondary N) is 1. The maximum absolute atomic E-state index is 11.7. The monoisotopic (exact) mass is 351 g/mol. The lowest BCUT2D eigenvalue weighted by atomic mass is 10.0. The van der Waals surface area contributed by atoms with E-state index in [1.165, 1.54) is 0 Å². The SMILES string of the molecule is Cn1cc(-c2cc(C(N)=O)nc3[nH]ncc23)c2cc(OCCO)ccc21. The molecule has 0 aliphatic carbocycles. The second kappa shape index (κ2) is 6.16. The first kappa shape index (κ1) is 16.1. The second-order valence-electron chi connectivity index (χ2n) is 5.96. The third-order valence-electron chi connectivity index (χ3n) is 4.29. The highest BCUT2D eigenvalue weighted by Crippen LogP contribution is 2.36. The smallest absolute Gasteiger partial charge is 0.267 e. The number of rotatable bonds is 5. The Hall–Kier alpha value is -3.39. The zero-order chi connectivity index (χ0) is 18.3. The first-order chi connectivity index (χ1) is 12.6. The average molecular weight is 351 g/mol. The number of pyridine rings is 1. The molecule has 0 saturated heterocycles. The Balaban J connectivity index is 1.97. The van der Waals surface area contributed by atoms with E-state index in [2.05, 4.69) is 15.2 Å². The molecule has 1 amide bonds. The summed E-state index contributed by atoms with van der Waals surface area (Å²) in [6.45, 7) is 0.169. The summed E-state index contributed by atoms with van der Waals surface area (Å²) in [5.41, 5.74) is 8.82. The largest absolute Gasteiger partial charge is 0.491 e. The van der Waals surface area contributed by atoms with Crippen LogP contribution in [-0.4, -0.2) is 44.0 Å². The van der Waals surface area contributed by atoms with E-state index in [0.29, 0.717) is 11.4 Å². The number of aryl methyl sites for hydroxylation is 1. The summed E-state index contributed by atoms with van der Waals surface area (Å²) in [7, 11) is 1.95. The standard InChI is InChI=1S/C18H17N5O3/c1-23-9-14(12-6-10(26-5-4-24)2-3-16(12)23)11-7-15(17(19)25)21-18-13(11)8-20-22-18/h2-3,6-9,24H,4-5H2,1H3,(H2,19,25)(H,20,21,22). The molecule has 0 bridgehead atoms. The molecule has 1 aromatic carbocycles. The minimum absolute atomic E-state index is 0.0539. The van der Waals surface area contributed by atoms with Crippen LogP contribution in [0.2, 0.25) is 0 Å². The third kappa shape index (κ3) is 2.56. The van der Waals surface area contributed by atoms with E-state index in [9.17, 15) is 4.79 Å². The van der Waals surface area contributed by atoms with E-state index in [-0.39, 0.29) is 18.9 Å². The highest BCUT2D eigenvalue weighted by Gasteiger charge is 2.17. The molecule has 4 rings (SSSR count). The van der Waals surface area contributed by atoms with Gasteiger partial charge in [0.15, 0.2) is 5.65 Å². The fourth-order valence-electron chi connectivity index (χ4n) is 3.12. The molecule has 0 radical (unpaired) electrons. The highest BCUT2D eigenvalue weighted by molar-refractivity contribution is 6.06. The van der Waals surface area contributed by atoms with Crippen LogP contribution in [0.5, 0.6) is 5.75 Å². The quantitative estimate of drug-likeness (QED) is 0.504. The van der Waals surface area contributed by atoms with Crippen molar-refractivity contribution in [2.75, 3.05) is 13.2 Å². The van der Waals surface area contributed by atoms with Crippen molar-refractivity contribution in [2.24, 2.45) is 12.8 Å². The summed E-state index contributed by atoms with van der Waals surface area (Å²) in [6.07, 6.45) is 3.65. The maximum Gasteiger partial charge on any atom is 0.267 e. The molecule has 0 unspecified atom stereocenters. The van der Waals surface area contributed by atoms with Crippen LogP contribution in [0, 0.1) is 0 Å². The minimum atomic E-state index is -0.602. The number of carbonyl (C=O) groups is 1. The van der Waals surface area contributed by atoms with E-state index < -0.39 is 5.91 Å². The molecule has 0 saturated carbocycles. The number of ether oxygens (including phenoxy) is 1. The predicted octanol–water partition coefficient (Wildman–Crippen LogP) is 1.59. The number of carbonyl (C=O) groups excluding carboxylic acids is 1. The van der Waals surface area contributed by atoms with Gasteiger partial charge in [-0.3, -0.25) is 9.89 Å². The fraction of sp³-hybridized carbons (Fsp3) is 0.167. The summed E-state index contributed by atoms with van der Waals surface area (Å²) in [5, 5.41) is 17.5. The number of primary amides is 1. The van der Waals surface area contributed by atoms with Crippen molar-refractivity contribution in [1.29, 1.82) is 0 Å². The maximum atomic E-state index is 11.7. The summed E-state index contributed by atoms with van der Waals surface area (Å²) in [5.74, 6) is 0.0570. The van der Waals surface area contributed by atoms with Crippen molar-refractivity contribution in [2.45, 2.75) is 0 Å². The van der Waals surface area contributed by atoms with Gasteiger partial charge in [0.2, 0.25) is 0 Å². The molecule has 132 valence electrons. The molecular weight excluding hydrogens is 334 g/mol. The third-order valence-corrected chi connectivity index (χ3v) is 4.29. The number of nitrogens with two attached hydrogens (primary N) is 1. The lowest BCUT2D eigenvalue weighted by Crippen LogP contribution is -2.13. The van der Waals surface area contributed by atoms with E-state index >= 15 is 0 Å². The molecule has 3 heterocycles. The van der Waals surface area contributed by atoms with E-state index in [0.717, 1.165) is 27.4 Å². The van der Waals surface area contributed by atoms with Crippen molar-refractivity contribution in [3.8, 4) is 16.9 Å². The highest BCUT2D eigenvalue weighted by atomic mass is 16.5. The molecule has 0 atom stereocenters. The number of aliphatic hydroxyl groups is 1. The van der Waals surface area contributed by atoms with Crippen LogP contribution in [0.3, 0.4) is 0 Å². The van der Waals surface area contributed by atoms with Gasteiger partial charge in [-0.15, -0.1) is 0 Å². The van der Waals surface area contributed by atoms with Crippen molar-refractivity contribution >= 4 is 27.8 Å². The molecule has 0 aliphatic rings. The van der Waals surface area contributed by atoms with Crippen LogP contribution in [0.25, 0.3) is 33.1 Å². The van der Waals surface area contributed by atoms with Gasteiger partial charge in [0, 0.05) is 35.1 Å². The van der Waals surface area contributed by atoms with Gasteiger partial charge in [0.1, 0.15) is 18.1 Å². The number of aliphatic hydroxyl groups excluding tert-OH is 1. The Morgan fingerprint density at radius 3 is 2.92 bits per heavy atom. The normalized spacial score (nSPS) is 11.3. The summed E-state index contributed by atoms with van der Waals surface area (Å²) in [6, 6.07) is 7.40. The molecular formula is C18H17N5O3. The van der Waals surface area contributed by atoms with Crippen molar-refractivity contribution in [3.05, 3.63) is 42.4 Å². The van der Waals surface area contributed by atoms with Gasteiger partial charge in [0.05, 0.1) is 12.8 Å². The Kier molecular flexibility index (Phi) is 3.81. The van der Waals surface area contributed by atoms with Crippen molar-refractivity contribution in [3.63, 3.8) is 0 Å². The number of nitrogens with zero attached hydrogens (tertiary/aromatic N) is 3. The summed E-state index contributed by atoms with van der Waals surface area (Å²) in [4.78, 5) is 15.9. The number of aromatic nitrogens is 4. The average Bonchev–Trinajstić information content (AvgIpc) is 3.23. The molecule has 4 aromatic rings. The van der Waals surface area contributed by atoms with Gasteiger partial charge in [-0.25, -0.2) is 4.98 Å². The number of aromatic amines is 1. The molecule has 0 aliphatic heterocycles. The number of hydrogen-bond acceptors (Lipinski definition) is 5. The van der Waals surface area contributed by atoms with Crippen molar-refractivity contribution < 1.29 is 14.6 Å². The molecule has 0 spiro atoms. The van der Waals surface area contributed by atoms with Gasteiger partial charge < -0.3 is 20.1 Å². The molecule has 8 nitrogen and oxygen atoms in total. The molecule has 8 heteroatoms. The summed E-state index contributed by atoms with van der Waals surface area (Å²) < 4.78 is 7.53. The van der Waals surface area contributed by atoms with Gasteiger partial charge in [-0.1, -0.05) is 0 Å². The first-order valence-corrected chi connectivity index (χ1v) is 8.05. The molecule has 3 aromatic heterocycles. The van der Waals surface area contributed by atoms with Crippen LogP contribution < -0.4 is 10.5 Å². The van der Waals surface area contributed by atoms with E-state index in [4.69, 9.17) is 15.6 Å². The number of fused-ring (bicyclic) bond motifs is 2. The second-order valence-corrected chi connectivity index (χ2v) is 5.96. The Morgan fingerprint density at radius 2 is 2.15 bits per heavy atom. The van der Waals surface area contributed by atoms with Gasteiger partial charge >= 0.3 is 0 Å². The van der Waals surface area contributed by atoms with Gasteiger partial charge in [0.25, 0.3) is 5.91 Å². The fourth-order valence-corrected chi connectivity index (χ4v) is 3.12. The number of amides is 1. The van der Waals surface area contributed by atoms with E-state index in [1.807, 2.05) is 36.0 Å². The number of H-pyrrole nitrogens is 1. The molecule has 0 fully saturated rings. The lowest BCUT2D eigenvalue weighted by Gasteiger charge is -2.07. The zero-order valence-corrected chi connectivity index (χ0v) is 14.1. The van der Waals surface area contributed by atoms with E-state index in [1.54, 1.807) is 12.3 Å². The lowest BCUT2D eigenvalue weighted by molar-refractivity contribution is 0.0996. The predicted molar refractivity (Wildman–Crippen MR) is 96.9 cm³/mol. The topological polar surface area (TPSA) is 119 Å².